The van der Waals surface area contributed by atoms with E-state index in [4.69, 9.17) is 0 Å². The number of nitrogens with one attached hydrogen (secondary N) is 2. The smallest absolute Gasteiger partial charge is 0.251 e. The maximum absolute atomic E-state index is 12.4. The highest BCUT2D eigenvalue weighted by Gasteiger charge is 2.25. The van der Waals surface area contributed by atoms with E-state index in [9.17, 15) is 9.59 Å². The minimum absolute atomic E-state index is 0.0652. The molecule has 0 spiro atoms. The van der Waals surface area contributed by atoms with Gasteiger partial charge in [-0.15, -0.1) is 0 Å². The first-order chi connectivity index (χ1) is 12.6. The zero-order valence-corrected chi connectivity index (χ0v) is 15.1. The Balaban J connectivity index is 1.37. The fraction of sp³-hybridized carbons (Fsp3) is 0.333. The molecule has 1 fully saturated rings. The first-order valence-corrected chi connectivity index (χ1v) is 9.48. The number of nitrogens with zero attached hydrogens (tertiary/aromatic N) is 3. The zero-order valence-electron chi connectivity index (χ0n) is 14.3. The molecule has 1 saturated carbocycles. The summed E-state index contributed by atoms with van der Waals surface area (Å²) in [4.78, 5) is 29.6. The standard InChI is InChI=1S/C18H19N5O2S/c1-11(15-9-23-18(22-15)26-10-19-23)20-16(24)13-5-7-14(8-6-13)21-17(25)12-3-2-4-12/h5-12H,2-4H2,1H3,(H,20,24)(H,21,25)/t11-/m0/s1. The van der Waals surface area contributed by atoms with Crippen LogP contribution in [0.1, 0.15) is 48.3 Å². The van der Waals surface area contributed by atoms with Crippen LogP contribution in [0.25, 0.3) is 4.96 Å². The third kappa shape index (κ3) is 3.32. The number of hydrogen-bond donors (Lipinski definition) is 2. The Morgan fingerprint density at radius 1 is 1.27 bits per heavy atom. The molecule has 7 nitrogen and oxygen atoms in total. The van der Waals surface area contributed by atoms with Gasteiger partial charge in [0.05, 0.1) is 17.9 Å². The molecule has 0 radical (unpaired) electrons. The molecule has 0 saturated heterocycles. The Labute approximate surface area is 154 Å². The van der Waals surface area contributed by atoms with E-state index in [0.717, 1.165) is 29.9 Å². The van der Waals surface area contributed by atoms with Gasteiger partial charge in [-0.1, -0.05) is 17.8 Å². The largest absolute Gasteiger partial charge is 0.344 e. The van der Waals surface area contributed by atoms with Crippen LogP contribution in [0.15, 0.2) is 36.0 Å². The number of carbonyl (C=O) groups excluding carboxylic acids is 2. The molecule has 0 aliphatic heterocycles. The first kappa shape index (κ1) is 16.7. The topological polar surface area (TPSA) is 88.4 Å². The number of carbonyl (C=O) groups is 2. The Kier molecular flexibility index (Phi) is 4.42. The van der Waals surface area contributed by atoms with Crippen molar-refractivity contribution in [2.75, 3.05) is 5.32 Å². The highest BCUT2D eigenvalue weighted by molar-refractivity contribution is 7.14. The van der Waals surface area contributed by atoms with Gasteiger partial charge in [-0.2, -0.15) is 5.10 Å². The molecule has 2 aromatic heterocycles. The fourth-order valence-corrected chi connectivity index (χ4v) is 3.45. The van der Waals surface area contributed by atoms with Crippen molar-refractivity contribution in [3.05, 3.63) is 47.2 Å². The number of anilines is 1. The number of aromatic nitrogens is 3. The molecule has 1 aliphatic rings. The van der Waals surface area contributed by atoms with E-state index in [1.807, 2.05) is 13.1 Å². The number of rotatable bonds is 5. The van der Waals surface area contributed by atoms with E-state index in [1.165, 1.54) is 11.3 Å². The van der Waals surface area contributed by atoms with Crippen molar-refractivity contribution >= 4 is 33.8 Å². The second-order valence-corrected chi connectivity index (χ2v) is 7.33. The number of amides is 2. The minimum Gasteiger partial charge on any atom is -0.344 e. The highest BCUT2D eigenvalue weighted by atomic mass is 32.1. The van der Waals surface area contributed by atoms with Crippen LogP contribution in [0, 0.1) is 5.92 Å². The van der Waals surface area contributed by atoms with Crippen LogP contribution in [-0.2, 0) is 4.79 Å². The van der Waals surface area contributed by atoms with Crippen LogP contribution in [-0.4, -0.2) is 26.4 Å². The molecule has 26 heavy (non-hydrogen) atoms. The van der Waals surface area contributed by atoms with Crippen molar-refractivity contribution in [2.45, 2.75) is 32.2 Å². The van der Waals surface area contributed by atoms with E-state index in [1.54, 1.807) is 34.3 Å². The lowest BCUT2D eigenvalue weighted by Crippen LogP contribution is -2.28. The summed E-state index contributed by atoms with van der Waals surface area (Å²) in [5, 5.41) is 9.97. The summed E-state index contributed by atoms with van der Waals surface area (Å²) in [5.41, 5.74) is 3.74. The lowest BCUT2D eigenvalue weighted by atomic mass is 9.85. The fourth-order valence-electron chi connectivity index (χ4n) is 2.84. The summed E-state index contributed by atoms with van der Waals surface area (Å²) in [7, 11) is 0. The predicted octanol–water partition coefficient (Wildman–Crippen LogP) is 3.02. The monoisotopic (exact) mass is 369 g/mol. The van der Waals surface area contributed by atoms with Gasteiger partial charge in [0.1, 0.15) is 5.51 Å². The predicted molar refractivity (Wildman–Crippen MR) is 99.2 cm³/mol. The molecule has 134 valence electrons. The van der Waals surface area contributed by atoms with Crippen molar-refractivity contribution < 1.29 is 9.59 Å². The van der Waals surface area contributed by atoms with Crippen LogP contribution < -0.4 is 10.6 Å². The molecule has 4 rings (SSSR count). The van der Waals surface area contributed by atoms with Gasteiger partial charge < -0.3 is 10.6 Å². The van der Waals surface area contributed by atoms with E-state index in [-0.39, 0.29) is 23.8 Å². The number of benzene rings is 1. The number of imidazole rings is 1. The van der Waals surface area contributed by atoms with Crippen LogP contribution in [0.3, 0.4) is 0 Å². The average Bonchev–Trinajstić information content (AvgIpc) is 3.15. The molecule has 2 N–H and O–H groups in total. The molecule has 3 aromatic rings. The van der Waals surface area contributed by atoms with Crippen molar-refractivity contribution in [3.8, 4) is 0 Å². The molecule has 0 bridgehead atoms. The second-order valence-electron chi connectivity index (χ2n) is 6.52. The van der Waals surface area contributed by atoms with Crippen LogP contribution >= 0.6 is 11.3 Å². The van der Waals surface area contributed by atoms with Gasteiger partial charge >= 0.3 is 0 Å². The zero-order chi connectivity index (χ0) is 18.1. The molecule has 2 heterocycles. The molecule has 1 aliphatic carbocycles. The normalized spacial score (nSPS) is 15.4. The van der Waals surface area contributed by atoms with Gasteiger partial charge in [-0.3, -0.25) is 9.59 Å². The number of fused-ring (bicyclic) bond motifs is 1. The molecule has 0 unspecified atom stereocenters. The molecule has 1 aromatic carbocycles. The van der Waals surface area contributed by atoms with Gasteiger partial charge in [0.15, 0.2) is 0 Å². The first-order valence-electron chi connectivity index (χ1n) is 8.61. The van der Waals surface area contributed by atoms with E-state index >= 15 is 0 Å². The molecule has 8 heteroatoms. The molecular weight excluding hydrogens is 350 g/mol. The van der Waals surface area contributed by atoms with Gasteiger partial charge in [0.25, 0.3) is 5.91 Å². The maximum atomic E-state index is 12.4. The van der Waals surface area contributed by atoms with Gasteiger partial charge in [-0.25, -0.2) is 9.50 Å². The van der Waals surface area contributed by atoms with Gasteiger partial charge in [0, 0.05) is 17.2 Å². The Bertz CT molecular complexity index is 914. The molecule has 2 amide bonds. The SMILES string of the molecule is C[C@H](NC(=O)c1ccc(NC(=O)C2CCC2)cc1)c1cn2ncsc2n1. The summed E-state index contributed by atoms with van der Waals surface area (Å²) in [6.07, 6.45) is 4.87. The molecule has 1 atom stereocenters. The van der Waals surface area contributed by atoms with Gasteiger partial charge in [-0.05, 0) is 44.0 Å². The highest BCUT2D eigenvalue weighted by Crippen LogP contribution is 2.27. The summed E-state index contributed by atoms with van der Waals surface area (Å²) < 4.78 is 1.70. The Hall–Kier alpha value is -2.74. The summed E-state index contributed by atoms with van der Waals surface area (Å²) in [6.45, 7) is 1.89. The maximum Gasteiger partial charge on any atom is 0.251 e. The van der Waals surface area contributed by atoms with Crippen molar-refractivity contribution in [1.29, 1.82) is 0 Å². The third-order valence-corrected chi connectivity index (χ3v) is 5.38. The van der Waals surface area contributed by atoms with E-state index in [2.05, 4.69) is 20.7 Å². The lowest BCUT2D eigenvalue weighted by Gasteiger charge is -2.24. The van der Waals surface area contributed by atoms with Crippen LogP contribution in [0.4, 0.5) is 5.69 Å². The van der Waals surface area contributed by atoms with Crippen molar-refractivity contribution in [1.82, 2.24) is 19.9 Å². The van der Waals surface area contributed by atoms with Crippen LogP contribution in [0.5, 0.6) is 0 Å². The Morgan fingerprint density at radius 3 is 2.69 bits per heavy atom. The van der Waals surface area contributed by atoms with Crippen molar-refractivity contribution in [2.24, 2.45) is 5.92 Å². The minimum atomic E-state index is -0.227. The van der Waals surface area contributed by atoms with E-state index in [0.29, 0.717) is 11.3 Å². The molecular formula is C18H19N5O2S. The van der Waals surface area contributed by atoms with E-state index < -0.39 is 0 Å². The number of hydrogen-bond acceptors (Lipinski definition) is 5. The summed E-state index contributed by atoms with van der Waals surface area (Å²) in [6, 6.07) is 6.71. The third-order valence-electron chi connectivity index (χ3n) is 4.69. The summed E-state index contributed by atoms with van der Waals surface area (Å²) >= 11 is 1.45. The average molecular weight is 369 g/mol. The van der Waals surface area contributed by atoms with Crippen LogP contribution in [0.2, 0.25) is 0 Å². The Morgan fingerprint density at radius 2 is 2.04 bits per heavy atom. The lowest BCUT2D eigenvalue weighted by molar-refractivity contribution is -0.122. The quantitative estimate of drug-likeness (QED) is 0.723. The van der Waals surface area contributed by atoms with Crippen molar-refractivity contribution in [3.63, 3.8) is 0 Å². The summed E-state index contributed by atoms with van der Waals surface area (Å²) in [5.74, 6) is 0.0204. The van der Waals surface area contributed by atoms with Gasteiger partial charge in [0.2, 0.25) is 10.9 Å². The second kappa shape index (κ2) is 6.87.